The zero-order valence-corrected chi connectivity index (χ0v) is 13.7. The fourth-order valence-electron chi connectivity index (χ4n) is 3.38. The molecule has 1 aromatic rings. The summed E-state index contributed by atoms with van der Waals surface area (Å²) in [6.45, 7) is 0. The fourth-order valence-corrected chi connectivity index (χ4v) is 4.34. The summed E-state index contributed by atoms with van der Waals surface area (Å²) in [6.07, 6.45) is 6.59. The Hall–Kier alpha value is -1.76. The van der Waals surface area contributed by atoms with Crippen molar-refractivity contribution < 1.29 is 19.5 Å². The topological polar surface area (TPSA) is 96.4 Å². The van der Waals surface area contributed by atoms with Crippen molar-refractivity contribution in [3.05, 3.63) is 10.6 Å². The number of nitrogens with one attached hydrogen (secondary N) is 1. The number of Topliss-reactive ketones (excluding diaryl/α,β-unsaturated/α-hetero) is 1. The molecule has 0 aliphatic heterocycles. The molecule has 1 atom stereocenters. The van der Waals surface area contributed by atoms with Crippen LogP contribution in [0.2, 0.25) is 0 Å². The molecule has 1 unspecified atom stereocenters. The highest BCUT2D eigenvalue weighted by molar-refractivity contribution is 7.17. The zero-order valence-electron chi connectivity index (χ0n) is 12.8. The van der Waals surface area contributed by atoms with Crippen LogP contribution in [0.15, 0.2) is 0 Å². The minimum Gasteiger partial charge on any atom is -0.481 e. The summed E-state index contributed by atoms with van der Waals surface area (Å²) in [5, 5.41) is 12.3. The zero-order chi connectivity index (χ0) is 16.4. The summed E-state index contributed by atoms with van der Waals surface area (Å²) in [4.78, 5) is 40.0. The minimum absolute atomic E-state index is 0.0139. The van der Waals surface area contributed by atoms with Gasteiger partial charge in [0, 0.05) is 19.3 Å². The Morgan fingerprint density at radius 2 is 1.96 bits per heavy atom. The summed E-state index contributed by atoms with van der Waals surface area (Å²) in [6, 6.07) is 0. The number of carbonyl (C=O) groups is 3. The van der Waals surface area contributed by atoms with E-state index in [1.165, 1.54) is 19.3 Å². The SMILES string of the molecule is O=C(CC1CCCCC1)Nc1nc2c(s1)C(=O)CC(C(=O)O)C2. The Morgan fingerprint density at radius 3 is 2.65 bits per heavy atom. The molecular formula is C16H20N2O4S. The quantitative estimate of drug-likeness (QED) is 0.881. The van der Waals surface area contributed by atoms with Crippen LogP contribution in [-0.4, -0.2) is 27.8 Å². The van der Waals surface area contributed by atoms with E-state index < -0.39 is 11.9 Å². The number of amides is 1. The first kappa shape index (κ1) is 16.1. The number of hydrogen-bond acceptors (Lipinski definition) is 5. The molecule has 3 rings (SSSR count). The number of aliphatic carboxylic acids is 1. The van der Waals surface area contributed by atoms with Gasteiger partial charge in [-0.25, -0.2) is 4.98 Å². The van der Waals surface area contributed by atoms with Crippen molar-refractivity contribution in [2.45, 2.75) is 51.4 Å². The number of anilines is 1. The van der Waals surface area contributed by atoms with Crippen LogP contribution < -0.4 is 5.32 Å². The van der Waals surface area contributed by atoms with Crippen molar-refractivity contribution in [1.82, 2.24) is 4.98 Å². The molecule has 2 aliphatic rings. The van der Waals surface area contributed by atoms with Crippen LogP contribution in [0, 0.1) is 11.8 Å². The summed E-state index contributed by atoms with van der Waals surface area (Å²) in [5.41, 5.74) is 0.506. The van der Waals surface area contributed by atoms with Gasteiger partial charge in [-0.05, 0) is 18.8 Å². The lowest BCUT2D eigenvalue weighted by molar-refractivity contribution is -0.141. The van der Waals surface area contributed by atoms with Crippen LogP contribution in [0.1, 0.15) is 60.3 Å². The number of rotatable bonds is 4. The molecule has 124 valence electrons. The molecule has 7 heteroatoms. The Kier molecular flexibility index (Phi) is 4.75. The number of carboxylic acid groups (broad SMARTS) is 1. The molecule has 2 aliphatic carbocycles. The third-order valence-corrected chi connectivity index (χ3v) is 5.67. The smallest absolute Gasteiger partial charge is 0.307 e. The van der Waals surface area contributed by atoms with Crippen LogP contribution in [0.5, 0.6) is 0 Å². The van der Waals surface area contributed by atoms with Crippen molar-refractivity contribution in [3.63, 3.8) is 0 Å². The molecule has 23 heavy (non-hydrogen) atoms. The number of ketones is 1. The highest BCUT2D eigenvalue weighted by Gasteiger charge is 2.33. The van der Waals surface area contributed by atoms with E-state index in [9.17, 15) is 14.4 Å². The maximum absolute atomic E-state index is 12.1. The van der Waals surface area contributed by atoms with Gasteiger partial charge >= 0.3 is 5.97 Å². The second-order valence-corrected chi connectivity index (χ2v) is 7.42. The fraction of sp³-hybridized carbons (Fsp3) is 0.625. The van der Waals surface area contributed by atoms with E-state index in [0.29, 0.717) is 28.0 Å². The largest absolute Gasteiger partial charge is 0.481 e. The van der Waals surface area contributed by atoms with Crippen LogP contribution in [-0.2, 0) is 16.0 Å². The Morgan fingerprint density at radius 1 is 1.22 bits per heavy atom. The van der Waals surface area contributed by atoms with E-state index in [1.54, 1.807) is 0 Å². The second-order valence-electron chi connectivity index (χ2n) is 6.42. The number of carboxylic acids is 1. The Labute approximate surface area is 138 Å². The summed E-state index contributed by atoms with van der Waals surface area (Å²) >= 11 is 1.16. The first-order valence-electron chi connectivity index (χ1n) is 8.08. The van der Waals surface area contributed by atoms with E-state index in [-0.39, 0.29) is 24.5 Å². The normalized spacial score (nSPS) is 21.7. The molecule has 0 bridgehead atoms. The van der Waals surface area contributed by atoms with E-state index in [0.717, 1.165) is 24.2 Å². The van der Waals surface area contributed by atoms with E-state index in [4.69, 9.17) is 5.11 Å². The molecule has 1 saturated carbocycles. The molecule has 0 saturated heterocycles. The van der Waals surface area contributed by atoms with Crippen LogP contribution in [0.4, 0.5) is 5.13 Å². The number of fused-ring (bicyclic) bond motifs is 1. The number of thiazole rings is 1. The number of hydrogen-bond donors (Lipinski definition) is 2. The molecule has 2 N–H and O–H groups in total. The molecule has 1 heterocycles. The molecule has 0 spiro atoms. The lowest BCUT2D eigenvalue weighted by atomic mass is 9.87. The van der Waals surface area contributed by atoms with Gasteiger partial charge in [0.05, 0.1) is 16.5 Å². The average molecular weight is 336 g/mol. The number of aromatic nitrogens is 1. The monoisotopic (exact) mass is 336 g/mol. The van der Waals surface area contributed by atoms with Crippen molar-refractivity contribution >= 4 is 34.1 Å². The Balaban J connectivity index is 1.63. The summed E-state index contributed by atoms with van der Waals surface area (Å²) < 4.78 is 0. The first-order chi connectivity index (χ1) is 11.0. The van der Waals surface area contributed by atoms with E-state index in [2.05, 4.69) is 10.3 Å². The number of carbonyl (C=O) groups excluding carboxylic acids is 2. The van der Waals surface area contributed by atoms with Gasteiger partial charge in [0.1, 0.15) is 0 Å². The lowest BCUT2D eigenvalue weighted by Gasteiger charge is -2.20. The predicted molar refractivity (Wildman–Crippen MR) is 85.7 cm³/mol. The van der Waals surface area contributed by atoms with Gasteiger partial charge in [-0.3, -0.25) is 14.4 Å². The first-order valence-corrected chi connectivity index (χ1v) is 8.90. The third-order valence-electron chi connectivity index (χ3n) is 4.62. The van der Waals surface area contributed by atoms with E-state index >= 15 is 0 Å². The maximum Gasteiger partial charge on any atom is 0.307 e. The summed E-state index contributed by atoms with van der Waals surface area (Å²) in [5.74, 6) is -1.49. The molecule has 1 amide bonds. The van der Waals surface area contributed by atoms with Gasteiger partial charge in [-0.1, -0.05) is 30.6 Å². The van der Waals surface area contributed by atoms with Crippen LogP contribution in [0.3, 0.4) is 0 Å². The average Bonchev–Trinajstić information content (AvgIpc) is 2.91. The molecule has 0 radical (unpaired) electrons. The van der Waals surface area contributed by atoms with Crippen molar-refractivity contribution in [1.29, 1.82) is 0 Å². The van der Waals surface area contributed by atoms with Gasteiger partial charge in [-0.2, -0.15) is 0 Å². The van der Waals surface area contributed by atoms with Crippen molar-refractivity contribution in [2.24, 2.45) is 11.8 Å². The Bertz CT molecular complexity index is 634. The van der Waals surface area contributed by atoms with Crippen LogP contribution in [0.25, 0.3) is 0 Å². The minimum atomic E-state index is -0.972. The van der Waals surface area contributed by atoms with Gasteiger partial charge < -0.3 is 10.4 Å². The highest BCUT2D eigenvalue weighted by atomic mass is 32.1. The van der Waals surface area contributed by atoms with Gasteiger partial charge in [-0.15, -0.1) is 0 Å². The molecular weight excluding hydrogens is 316 g/mol. The van der Waals surface area contributed by atoms with Gasteiger partial charge in [0.15, 0.2) is 10.9 Å². The predicted octanol–water partition coefficient (Wildman–Crippen LogP) is 2.88. The number of nitrogens with zero attached hydrogens (tertiary/aromatic N) is 1. The van der Waals surface area contributed by atoms with E-state index in [1.807, 2.05) is 0 Å². The molecule has 6 nitrogen and oxygen atoms in total. The lowest BCUT2D eigenvalue weighted by Crippen LogP contribution is -2.25. The van der Waals surface area contributed by atoms with Crippen molar-refractivity contribution in [2.75, 3.05) is 5.32 Å². The maximum atomic E-state index is 12.1. The van der Waals surface area contributed by atoms with Crippen molar-refractivity contribution in [3.8, 4) is 0 Å². The molecule has 1 fully saturated rings. The van der Waals surface area contributed by atoms with Gasteiger partial charge in [0.25, 0.3) is 0 Å². The molecule has 0 aromatic carbocycles. The third kappa shape index (κ3) is 3.77. The highest BCUT2D eigenvalue weighted by Crippen LogP contribution is 2.33. The van der Waals surface area contributed by atoms with Gasteiger partial charge in [0.2, 0.25) is 5.91 Å². The summed E-state index contributed by atoms with van der Waals surface area (Å²) in [7, 11) is 0. The standard InChI is InChI=1S/C16H20N2O4S/c19-12-8-10(15(21)22)7-11-14(12)23-16(17-11)18-13(20)6-9-4-2-1-3-5-9/h9-10H,1-8H2,(H,21,22)(H,17,18,20). The second kappa shape index (κ2) is 6.78. The van der Waals surface area contributed by atoms with Crippen LogP contribution >= 0.6 is 11.3 Å². The molecule has 1 aromatic heterocycles.